The topological polar surface area (TPSA) is 12.0 Å². The van der Waals surface area contributed by atoms with Crippen LogP contribution in [0.5, 0.6) is 0 Å². The second kappa shape index (κ2) is 6.11. The molecule has 106 valence electrons. The van der Waals surface area contributed by atoms with Crippen molar-refractivity contribution >= 4 is 11.3 Å². The van der Waals surface area contributed by atoms with Gasteiger partial charge in [0, 0.05) is 17.0 Å². The summed E-state index contributed by atoms with van der Waals surface area (Å²) in [7, 11) is 0. The first-order valence-electron chi connectivity index (χ1n) is 7.63. The zero-order valence-corrected chi connectivity index (χ0v) is 13.1. The van der Waals surface area contributed by atoms with E-state index < -0.39 is 0 Å². The molecule has 20 heavy (non-hydrogen) atoms. The lowest BCUT2D eigenvalue weighted by atomic mass is 9.86. The third-order valence-corrected chi connectivity index (χ3v) is 5.22. The average molecular weight is 285 g/mol. The first-order valence-corrected chi connectivity index (χ1v) is 8.51. The number of hydrogen-bond donors (Lipinski definition) is 1. The first kappa shape index (κ1) is 13.8. The molecule has 1 heterocycles. The molecule has 0 aliphatic heterocycles. The Kier molecular flexibility index (Phi) is 4.23. The highest BCUT2D eigenvalue weighted by molar-refractivity contribution is 7.10. The van der Waals surface area contributed by atoms with Crippen LogP contribution in [0.15, 0.2) is 41.8 Å². The lowest BCUT2D eigenvalue weighted by Crippen LogP contribution is -2.31. The Labute approximate surface area is 126 Å². The highest BCUT2D eigenvalue weighted by atomic mass is 32.1. The van der Waals surface area contributed by atoms with E-state index in [1.807, 2.05) is 11.3 Å². The van der Waals surface area contributed by atoms with Gasteiger partial charge < -0.3 is 5.32 Å². The van der Waals surface area contributed by atoms with Gasteiger partial charge in [-0.15, -0.1) is 11.3 Å². The molecule has 0 spiro atoms. The molecule has 0 saturated carbocycles. The molecular formula is C18H23NS. The quantitative estimate of drug-likeness (QED) is 0.823. The van der Waals surface area contributed by atoms with Gasteiger partial charge in [0.05, 0.1) is 0 Å². The molecule has 0 amide bonds. The highest BCUT2D eigenvalue weighted by Crippen LogP contribution is 2.34. The normalized spacial score (nSPS) is 19.9. The Morgan fingerprint density at radius 1 is 1.15 bits per heavy atom. The summed E-state index contributed by atoms with van der Waals surface area (Å²) in [4.78, 5) is 1.46. The van der Waals surface area contributed by atoms with Crippen LogP contribution in [0.25, 0.3) is 0 Å². The summed E-state index contributed by atoms with van der Waals surface area (Å²) < 4.78 is 0. The summed E-state index contributed by atoms with van der Waals surface area (Å²) in [6.45, 7) is 4.62. The van der Waals surface area contributed by atoms with Crippen LogP contribution in [0.2, 0.25) is 0 Å². The van der Waals surface area contributed by atoms with Gasteiger partial charge in [-0.2, -0.15) is 0 Å². The third-order valence-electron chi connectivity index (χ3n) is 4.27. The lowest BCUT2D eigenvalue weighted by molar-refractivity contribution is 0.342. The van der Waals surface area contributed by atoms with E-state index in [4.69, 9.17) is 0 Å². The molecule has 1 aliphatic carbocycles. The molecule has 1 aromatic carbocycles. The summed E-state index contributed by atoms with van der Waals surface area (Å²) in [5.41, 5.74) is 3.05. The van der Waals surface area contributed by atoms with Crippen molar-refractivity contribution in [2.24, 2.45) is 5.92 Å². The fourth-order valence-corrected chi connectivity index (χ4v) is 4.17. The summed E-state index contributed by atoms with van der Waals surface area (Å²) in [5, 5.41) is 6.11. The zero-order chi connectivity index (χ0) is 13.9. The van der Waals surface area contributed by atoms with E-state index in [0.29, 0.717) is 18.0 Å². The third kappa shape index (κ3) is 2.82. The molecule has 0 saturated heterocycles. The predicted octanol–water partition coefficient (Wildman–Crippen LogP) is 5.11. The van der Waals surface area contributed by atoms with Gasteiger partial charge in [-0.1, -0.05) is 44.2 Å². The van der Waals surface area contributed by atoms with Crippen molar-refractivity contribution < 1.29 is 0 Å². The molecule has 0 fully saturated rings. The van der Waals surface area contributed by atoms with Gasteiger partial charge in [0.2, 0.25) is 0 Å². The lowest BCUT2D eigenvalue weighted by Gasteiger charge is -2.32. The zero-order valence-electron chi connectivity index (χ0n) is 12.3. The monoisotopic (exact) mass is 285 g/mol. The maximum absolute atomic E-state index is 3.92. The van der Waals surface area contributed by atoms with Crippen molar-refractivity contribution in [2.45, 2.75) is 45.2 Å². The molecule has 1 nitrogen and oxygen atoms in total. The van der Waals surface area contributed by atoms with E-state index in [0.717, 1.165) is 0 Å². The largest absolute Gasteiger partial charge is 0.302 e. The van der Waals surface area contributed by atoms with E-state index in [1.165, 1.54) is 35.3 Å². The summed E-state index contributed by atoms with van der Waals surface area (Å²) in [5.74, 6) is 0.614. The van der Waals surface area contributed by atoms with Crippen molar-refractivity contribution in [3.05, 3.63) is 57.8 Å². The molecule has 0 bridgehead atoms. The fraction of sp³-hybridized carbons (Fsp3) is 0.444. The predicted molar refractivity (Wildman–Crippen MR) is 87.2 cm³/mol. The molecule has 2 unspecified atom stereocenters. The Hall–Kier alpha value is -1.12. The minimum absolute atomic E-state index is 0.464. The fourth-order valence-electron chi connectivity index (χ4n) is 3.22. The summed E-state index contributed by atoms with van der Waals surface area (Å²) >= 11 is 1.87. The standard InChI is InChI=1S/C18H23NS/c1-13(2)18(17-11-6-12-20-17)19-16-10-5-8-14-7-3-4-9-15(14)16/h3-4,6-7,9,11-13,16,18-19H,5,8,10H2,1-2H3. The van der Waals surface area contributed by atoms with Gasteiger partial charge in [0.15, 0.2) is 0 Å². The second-order valence-corrected chi connectivity index (χ2v) is 7.03. The van der Waals surface area contributed by atoms with Crippen LogP contribution in [0.1, 0.15) is 54.8 Å². The molecule has 0 radical (unpaired) electrons. The number of benzene rings is 1. The van der Waals surface area contributed by atoms with Crippen LogP contribution >= 0.6 is 11.3 Å². The van der Waals surface area contributed by atoms with Crippen LogP contribution in [0, 0.1) is 5.92 Å². The van der Waals surface area contributed by atoms with Gasteiger partial charge >= 0.3 is 0 Å². The van der Waals surface area contributed by atoms with Crippen LogP contribution in [-0.4, -0.2) is 0 Å². The summed E-state index contributed by atoms with van der Waals surface area (Å²) in [6, 6.07) is 14.3. The number of nitrogens with one attached hydrogen (secondary N) is 1. The van der Waals surface area contributed by atoms with Crippen molar-refractivity contribution in [2.75, 3.05) is 0 Å². The highest BCUT2D eigenvalue weighted by Gasteiger charge is 2.25. The van der Waals surface area contributed by atoms with E-state index >= 15 is 0 Å². The first-order chi connectivity index (χ1) is 9.75. The van der Waals surface area contributed by atoms with Crippen molar-refractivity contribution in [1.29, 1.82) is 0 Å². The van der Waals surface area contributed by atoms with Crippen molar-refractivity contribution in [3.8, 4) is 0 Å². The smallest absolute Gasteiger partial charge is 0.0442 e. The maximum atomic E-state index is 3.92. The molecule has 1 aliphatic rings. The Morgan fingerprint density at radius 3 is 2.75 bits per heavy atom. The maximum Gasteiger partial charge on any atom is 0.0442 e. The summed E-state index contributed by atoms with van der Waals surface area (Å²) in [6.07, 6.45) is 3.79. The number of thiophene rings is 1. The average Bonchev–Trinajstić information content (AvgIpc) is 2.98. The van der Waals surface area contributed by atoms with E-state index in [9.17, 15) is 0 Å². The molecule has 3 rings (SSSR count). The number of hydrogen-bond acceptors (Lipinski definition) is 2. The number of rotatable bonds is 4. The van der Waals surface area contributed by atoms with Gasteiger partial charge in [-0.3, -0.25) is 0 Å². The van der Waals surface area contributed by atoms with Gasteiger partial charge in [-0.05, 0) is 47.8 Å². The van der Waals surface area contributed by atoms with Crippen LogP contribution in [0.3, 0.4) is 0 Å². The SMILES string of the molecule is CC(C)C(NC1CCCc2ccccc21)c1cccs1. The van der Waals surface area contributed by atoms with Gasteiger partial charge in [-0.25, -0.2) is 0 Å². The van der Waals surface area contributed by atoms with Crippen LogP contribution in [-0.2, 0) is 6.42 Å². The minimum Gasteiger partial charge on any atom is -0.302 e. The molecule has 1 N–H and O–H groups in total. The number of aryl methyl sites for hydroxylation is 1. The molecule has 2 heteroatoms. The molecule has 2 atom stereocenters. The van der Waals surface area contributed by atoms with Gasteiger partial charge in [0.1, 0.15) is 0 Å². The van der Waals surface area contributed by atoms with Gasteiger partial charge in [0.25, 0.3) is 0 Å². The van der Waals surface area contributed by atoms with E-state index in [2.05, 4.69) is 60.9 Å². The Morgan fingerprint density at radius 2 is 2.00 bits per heavy atom. The minimum atomic E-state index is 0.464. The van der Waals surface area contributed by atoms with Crippen molar-refractivity contribution in [3.63, 3.8) is 0 Å². The van der Waals surface area contributed by atoms with Crippen LogP contribution < -0.4 is 5.32 Å². The van der Waals surface area contributed by atoms with Crippen LogP contribution in [0.4, 0.5) is 0 Å². The molecular weight excluding hydrogens is 262 g/mol. The Balaban J connectivity index is 1.83. The van der Waals surface area contributed by atoms with Crippen molar-refractivity contribution in [1.82, 2.24) is 5.32 Å². The van der Waals surface area contributed by atoms with E-state index in [-0.39, 0.29) is 0 Å². The second-order valence-electron chi connectivity index (χ2n) is 6.05. The molecule has 2 aromatic rings. The number of fused-ring (bicyclic) bond motifs is 1. The van der Waals surface area contributed by atoms with E-state index in [1.54, 1.807) is 0 Å². The Bertz CT molecular complexity index is 544. The molecule has 1 aromatic heterocycles.